The first-order valence-corrected chi connectivity index (χ1v) is 8.81. The Hall–Kier alpha value is -2.16. The molecular weight excluding hydrogens is 387 g/mol. The van der Waals surface area contributed by atoms with Gasteiger partial charge in [0.05, 0.1) is 11.1 Å². The van der Waals surface area contributed by atoms with Crippen LogP contribution in [-0.4, -0.2) is 22.8 Å². The second-order valence-corrected chi connectivity index (χ2v) is 7.83. The maximum atomic E-state index is 12.5. The summed E-state index contributed by atoms with van der Waals surface area (Å²) in [6.07, 6.45) is 1.58. The summed E-state index contributed by atoms with van der Waals surface area (Å²) in [7, 11) is 0. The number of hydrogen-bond acceptors (Lipinski definition) is 5. The molecule has 4 rings (SSSR count). The van der Waals surface area contributed by atoms with Crippen LogP contribution in [0.5, 0.6) is 0 Å². The number of thiazole rings is 1. The minimum atomic E-state index is -1.77. The molecule has 1 fully saturated rings. The number of imide groups is 1. The van der Waals surface area contributed by atoms with Gasteiger partial charge in [-0.2, -0.15) is 0 Å². The number of aromatic nitrogens is 1. The number of amides is 4. The highest BCUT2D eigenvalue weighted by molar-refractivity contribution is 7.16. The number of hydrogen-bond donors (Lipinski definition) is 3. The second-order valence-electron chi connectivity index (χ2n) is 5.75. The Morgan fingerprint density at radius 3 is 2.52 bits per heavy atom. The summed E-state index contributed by atoms with van der Waals surface area (Å²) in [4.78, 5) is 41.1. The van der Waals surface area contributed by atoms with E-state index in [9.17, 15) is 14.4 Å². The van der Waals surface area contributed by atoms with Crippen LogP contribution in [0.25, 0.3) is 0 Å². The van der Waals surface area contributed by atoms with Gasteiger partial charge >= 0.3 is 6.03 Å². The molecule has 0 radical (unpaired) electrons. The lowest BCUT2D eigenvalue weighted by Gasteiger charge is -2.19. The molecule has 7 nitrogen and oxygen atoms in total. The van der Waals surface area contributed by atoms with Gasteiger partial charge in [0.25, 0.3) is 11.8 Å². The molecule has 2 aliphatic rings. The minimum Gasteiger partial charge on any atom is -0.323 e. The Labute approximate surface area is 155 Å². The van der Waals surface area contributed by atoms with Gasteiger partial charge in [-0.25, -0.2) is 9.78 Å². The van der Waals surface area contributed by atoms with Gasteiger partial charge in [-0.1, -0.05) is 17.7 Å². The van der Waals surface area contributed by atoms with Crippen LogP contribution in [0.4, 0.5) is 10.5 Å². The third-order valence-corrected chi connectivity index (χ3v) is 6.04. The first kappa shape index (κ1) is 16.3. The summed E-state index contributed by atoms with van der Waals surface area (Å²) in [5.74, 6) is -1.31. The zero-order chi connectivity index (χ0) is 17.9. The molecule has 10 heteroatoms. The molecule has 0 aliphatic carbocycles. The van der Waals surface area contributed by atoms with Gasteiger partial charge in [-0.05, 0) is 24.1 Å². The van der Waals surface area contributed by atoms with Crippen molar-refractivity contribution in [3.63, 3.8) is 0 Å². The maximum absolute atomic E-state index is 12.5. The Kier molecular flexibility index (Phi) is 3.54. The average Bonchev–Trinajstić information content (AvgIpc) is 3.19. The summed E-state index contributed by atoms with van der Waals surface area (Å²) < 4.78 is 0.370. The van der Waals surface area contributed by atoms with E-state index in [2.05, 4.69) is 20.9 Å². The van der Waals surface area contributed by atoms with Crippen LogP contribution in [-0.2, 0) is 15.1 Å². The Morgan fingerprint density at radius 2 is 1.92 bits per heavy atom. The molecule has 1 aromatic carbocycles. The van der Waals surface area contributed by atoms with E-state index in [0.717, 1.165) is 10.4 Å². The van der Waals surface area contributed by atoms with Crippen molar-refractivity contribution in [1.82, 2.24) is 15.6 Å². The zero-order valence-corrected chi connectivity index (χ0v) is 15.0. The summed E-state index contributed by atoms with van der Waals surface area (Å²) >= 11 is 13.6. The highest BCUT2D eigenvalue weighted by atomic mass is 35.5. The fourth-order valence-corrected chi connectivity index (χ4v) is 4.38. The number of benzene rings is 1. The van der Waals surface area contributed by atoms with Crippen molar-refractivity contribution in [2.24, 2.45) is 0 Å². The Morgan fingerprint density at radius 1 is 1.20 bits per heavy atom. The summed E-state index contributed by atoms with van der Waals surface area (Å²) in [5, 5.41) is 6.67. The molecule has 1 spiro atoms. The van der Waals surface area contributed by atoms with Crippen molar-refractivity contribution in [3.8, 4) is 0 Å². The predicted octanol–water partition coefficient (Wildman–Crippen LogP) is 2.42. The van der Waals surface area contributed by atoms with E-state index in [1.165, 1.54) is 11.3 Å². The molecule has 1 aromatic heterocycles. The SMILES string of the molecule is Cc1cc(C(Cl)c2cnc(Cl)s2)cc2c1NC(=O)C21NC(=O)NC1=O. The smallest absolute Gasteiger partial charge is 0.323 e. The van der Waals surface area contributed by atoms with Crippen LogP contribution in [0.3, 0.4) is 0 Å². The average molecular weight is 397 g/mol. The van der Waals surface area contributed by atoms with Gasteiger partial charge in [-0.3, -0.25) is 14.9 Å². The maximum Gasteiger partial charge on any atom is 0.323 e. The molecule has 4 amide bonds. The van der Waals surface area contributed by atoms with E-state index in [-0.39, 0.29) is 0 Å². The third kappa shape index (κ3) is 2.25. The summed E-state index contributed by atoms with van der Waals surface area (Å²) in [5.41, 5.74) is 0.500. The van der Waals surface area contributed by atoms with E-state index in [4.69, 9.17) is 23.2 Å². The van der Waals surface area contributed by atoms with Crippen LogP contribution in [0, 0.1) is 6.92 Å². The number of carbonyl (C=O) groups excluding carboxylic acids is 3. The van der Waals surface area contributed by atoms with E-state index in [1.807, 2.05) is 6.07 Å². The lowest BCUT2D eigenvalue weighted by molar-refractivity contribution is -0.132. The molecule has 128 valence electrons. The fraction of sp³-hybridized carbons (Fsp3) is 0.200. The molecule has 25 heavy (non-hydrogen) atoms. The number of rotatable bonds is 2. The standard InChI is InChI=1S/C15H10Cl2N4O3S/c1-5-2-6(9(16)8-4-18-13(17)25-8)3-7-10(5)19-11(22)15(7)12(23)20-14(24)21-15/h2-4,9H,1H3,(H,19,22)(H2,20,21,23,24). The molecule has 3 heterocycles. The van der Waals surface area contributed by atoms with Crippen LogP contribution < -0.4 is 16.0 Å². The van der Waals surface area contributed by atoms with Crippen molar-refractivity contribution < 1.29 is 14.4 Å². The Balaban J connectivity index is 1.87. The molecule has 3 N–H and O–H groups in total. The van der Waals surface area contributed by atoms with Crippen molar-refractivity contribution in [2.45, 2.75) is 17.8 Å². The number of nitrogens with one attached hydrogen (secondary N) is 3. The molecule has 2 atom stereocenters. The predicted molar refractivity (Wildman–Crippen MR) is 93.0 cm³/mol. The number of carbonyl (C=O) groups is 3. The van der Waals surface area contributed by atoms with E-state index in [1.54, 1.807) is 19.2 Å². The minimum absolute atomic E-state index is 0.370. The third-order valence-electron chi connectivity index (χ3n) is 4.25. The molecular formula is C15H10Cl2N4O3S. The van der Waals surface area contributed by atoms with E-state index in [0.29, 0.717) is 21.3 Å². The van der Waals surface area contributed by atoms with E-state index >= 15 is 0 Å². The summed E-state index contributed by atoms with van der Waals surface area (Å²) in [6.45, 7) is 1.79. The van der Waals surface area contributed by atoms with Crippen LogP contribution in [0.15, 0.2) is 18.3 Å². The largest absolute Gasteiger partial charge is 0.323 e. The Bertz CT molecular complexity index is 960. The number of aryl methyl sites for hydroxylation is 1. The van der Waals surface area contributed by atoms with Gasteiger partial charge in [0.15, 0.2) is 4.47 Å². The number of nitrogens with zero attached hydrogens (tertiary/aromatic N) is 1. The number of alkyl halides is 1. The molecule has 1 saturated heterocycles. The topological polar surface area (TPSA) is 100 Å². The quantitative estimate of drug-likeness (QED) is 0.412. The first-order valence-electron chi connectivity index (χ1n) is 7.18. The molecule has 0 bridgehead atoms. The lowest BCUT2D eigenvalue weighted by atomic mass is 9.88. The fourth-order valence-electron chi connectivity index (χ4n) is 3.10. The monoisotopic (exact) mass is 396 g/mol. The first-order chi connectivity index (χ1) is 11.8. The van der Waals surface area contributed by atoms with Crippen LogP contribution >= 0.6 is 34.5 Å². The van der Waals surface area contributed by atoms with Crippen LogP contribution in [0.2, 0.25) is 4.47 Å². The van der Waals surface area contributed by atoms with Crippen molar-refractivity contribution in [3.05, 3.63) is 44.4 Å². The van der Waals surface area contributed by atoms with E-state index < -0.39 is 28.8 Å². The van der Waals surface area contributed by atoms with Crippen molar-refractivity contribution >= 4 is 58.1 Å². The van der Waals surface area contributed by atoms with Crippen molar-refractivity contribution in [2.75, 3.05) is 5.32 Å². The van der Waals surface area contributed by atoms with Gasteiger partial charge in [0.1, 0.15) is 0 Å². The van der Waals surface area contributed by atoms with Crippen molar-refractivity contribution in [1.29, 1.82) is 0 Å². The van der Waals surface area contributed by atoms with Gasteiger partial charge in [0.2, 0.25) is 5.54 Å². The number of anilines is 1. The lowest BCUT2D eigenvalue weighted by Crippen LogP contribution is -2.49. The number of fused-ring (bicyclic) bond motifs is 2. The highest BCUT2D eigenvalue weighted by Crippen LogP contribution is 2.43. The highest BCUT2D eigenvalue weighted by Gasteiger charge is 2.59. The van der Waals surface area contributed by atoms with Crippen LogP contribution in [0.1, 0.15) is 26.9 Å². The second kappa shape index (κ2) is 5.42. The van der Waals surface area contributed by atoms with Gasteiger partial charge in [-0.15, -0.1) is 22.9 Å². The summed E-state index contributed by atoms with van der Waals surface area (Å²) in [6, 6.07) is 2.75. The molecule has 2 aliphatic heterocycles. The number of urea groups is 1. The zero-order valence-electron chi connectivity index (χ0n) is 12.6. The molecule has 2 unspecified atom stereocenters. The van der Waals surface area contributed by atoms with Gasteiger partial charge < -0.3 is 10.6 Å². The molecule has 2 aromatic rings. The molecule has 0 saturated carbocycles. The van der Waals surface area contributed by atoms with Gasteiger partial charge in [0, 0.05) is 16.6 Å². The number of halogens is 2. The normalized spacial score (nSPS) is 22.6.